The van der Waals surface area contributed by atoms with Crippen LogP contribution in [0, 0.1) is 39.8 Å². The maximum absolute atomic E-state index is 3.86. The van der Waals surface area contributed by atoms with Crippen molar-refractivity contribution in [2.75, 3.05) is 0 Å². The topological polar surface area (TPSA) is 0 Å². The molecule has 2 aliphatic carbocycles. The van der Waals surface area contributed by atoms with E-state index in [2.05, 4.69) is 102 Å². The number of aryl methyl sites for hydroxylation is 4. The molecule has 0 aliphatic heterocycles. The van der Waals surface area contributed by atoms with Crippen LogP contribution in [0.25, 0.3) is 11.1 Å². The fourth-order valence-electron chi connectivity index (χ4n) is 3.48. The van der Waals surface area contributed by atoms with E-state index in [0.717, 1.165) is 22.3 Å². The summed E-state index contributed by atoms with van der Waals surface area (Å²) in [6, 6.07) is 13.1. The second-order valence-electron chi connectivity index (χ2n) is 7.55. The van der Waals surface area contributed by atoms with E-state index in [9.17, 15) is 0 Å². The van der Waals surface area contributed by atoms with Gasteiger partial charge in [-0.15, -0.1) is 59.3 Å². The van der Waals surface area contributed by atoms with Gasteiger partial charge in [-0.25, -0.2) is 0 Å². The Morgan fingerprint density at radius 1 is 0.516 bits per heavy atom. The fourth-order valence-corrected chi connectivity index (χ4v) is 3.48. The molecule has 2 aromatic rings. The first-order chi connectivity index (χ1) is 13.3. The number of allylic oxidation sites excluding steroid dienone is 10. The maximum Gasteiger partial charge on any atom is 2.00 e. The number of hydrogen-bond donors (Lipinski definition) is 0. The second-order valence-corrected chi connectivity index (χ2v) is 7.55. The van der Waals surface area contributed by atoms with Gasteiger partial charge >= 0.3 is 26.2 Å². The van der Waals surface area contributed by atoms with Crippen LogP contribution in [0.3, 0.4) is 0 Å². The van der Waals surface area contributed by atoms with Crippen molar-refractivity contribution in [2.24, 2.45) is 0 Å². The van der Waals surface area contributed by atoms with Gasteiger partial charge in [0, 0.05) is 0 Å². The van der Waals surface area contributed by atoms with Crippen molar-refractivity contribution < 1.29 is 26.2 Å². The Morgan fingerprint density at radius 2 is 0.806 bits per heavy atom. The summed E-state index contributed by atoms with van der Waals surface area (Å²) in [4.78, 5) is 0. The minimum Gasteiger partial charge on any atom is -0.156 e. The second kappa shape index (κ2) is 13.0. The van der Waals surface area contributed by atoms with Crippen LogP contribution in [0.4, 0.5) is 0 Å². The molecule has 0 radical (unpaired) electrons. The zero-order valence-electron chi connectivity index (χ0n) is 18.5. The quantitative estimate of drug-likeness (QED) is 0.347. The molecule has 0 spiro atoms. The van der Waals surface area contributed by atoms with Crippen LogP contribution in [-0.4, -0.2) is 0 Å². The summed E-state index contributed by atoms with van der Waals surface area (Å²) < 4.78 is 0. The maximum atomic E-state index is 3.86. The third-order valence-electron chi connectivity index (χ3n) is 4.56. The molecule has 2 aliphatic rings. The van der Waals surface area contributed by atoms with Gasteiger partial charge in [0.15, 0.2) is 0 Å². The van der Waals surface area contributed by atoms with E-state index < -0.39 is 0 Å². The molecule has 158 valence electrons. The van der Waals surface area contributed by atoms with E-state index >= 15 is 0 Å². The SMILES string of the molecule is C=C1[C-]=C(c2cc(C)cc(C)c2)C=C1.C=C1[C-]=C(c2cc(C)cc(C)c2)C=C1.Cl.Cl.[Zr+2]. The Balaban J connectivity index is 0.000000529. The minimum absolute atomic E-state index is 0. The summed E-state index contributed by atoms with van der Waals surface area (Å²) in [5, 5.41) is 0. The van der Waals surface area contributed by atoms with Crippen molar-refractivity contribution in [3.63, 3.8) is 0 Å². The summed E-state index contributed by atoms with van der Waals surface area (Å²) in [5.41, 5.74) is 11.8. The van der Waals surface area contributed by atoms with Crippen LogP contribution >= 0.6 is 24.8 Å². The predicted octanol–water partition coefficient (Wildman–Crippen LogP) is 8.07. The van der Waals surface area contributed by atoms with Crippen molar-refractivity contribution in [1.29, 1.82) is 0 Å². The molecule has 0 fully saturated rings. The van der Waals surface area contributed by atoms with Crippen LogP contribution in [0.15, 0.2) is 85.0 Å². The largest absolute Gasteiger partial charge is 2.00 e. The first-order valence-electron chi connectivity index (χ1n) is 9.49. The van der Waals surface area contributed by atoms with Crippen molar-refractivity contribution in [2.45, 2.75) is 27.7 Å². The molecule has 0 amide bonds. The van der Waals surface area contributed by atoms with Crippen LogP contribution in [0.1, 0.15) is 33.4 Å². The molecule has 0 nitrogen and oxygen atoms in total. The molecular formula is C28H28Cl2Zr. The average Bonchev–Trinajstić information content (AvgIpc) is 3.22. The molecule has 0 bridgehead atoms. The van der Waals surface area contributed by atoms with Crippen LogP contribution in [0.2, 0.25) is 0 Å². The Labute approximate surface area is 219 Å². The van der Waals surface area contributed by atoms with Gasteiger partial charge in [-0.1, -0.05) is 69.8 Å². The molecule has 0 N–H and O–H groups in total. The molecule has 0 heterocycles. The number of benzene rings is 2. The van der Waals surface area contributed by atoms with Crippen LogP contribution < -0.4 is 0 Å². The minimum atomic E-state index is 0. The standard InChI is InChI=1S/2C14H13.2ClH.Zr/c2*1-10-4-5-13(7-10)14-8-11(2)6-12(3)9-14;;;/h2*4-6,8-9H,1H2,2-3H3;2*1H;/q2*-1;;;+2. The van der Waals surface area contributed by atoms with Gasteiger partial charge in [-0.3, -0.25) is 0 Å². The molecule has 0 saturated carbocycles. The van der Waals surface area contributed by atoms with E-state index in [1.54, 1.807) is 0 Å². The zero-order valence-corrected chi connectivity index (χ0v) is 22.6. The Morgan fingerprint density at radius 3 is 1.03 bits per heavy atom. The monoisotopic (exact) mass is 524 g/mol. The van der Waals surface area contributed by atoms with E-state index in [1.165, 1.54) is 33.4 Å². The average molecular weight is 527 g/mol. The Hall–Kier alpha value is -1.66. The van der Waals surface area contributed by atoms with E-state index in [1.807, 2.05) is 12.2 Å². The number of rotatable bonds is 2. The summed E-state index contributed by atoms with van der Waals surface area (Å²) in [6.45, 7) is 16.2. The van der Waals surface area contributed by atoms with Crippen molar-refractivity contribution in [1.82, 2.24) is 0 Å². The molecule has 4 rings (SSSR count). The molecule has 0 aromatic heterocycles. The van der Waals surface area contributed by atoms with E-state index in [4.69, 9.17) is 0 Å². The normalized spacial score (nSPS) is 13.3. The van der Waals surface area contributed by atoms with Crippen LogP contribution in [-0.2, 0) is 26.2 Å². The molecule has 0 saturated heterocycles. The summed E-state index contributed by atoms with van der Waals surface area (Å²) in [7, 11) is 0. The molecule has 0 atom stereocenters. The molecule has 0 unspecified atom stereocenters. The smallest absolute Gasteiger partial charge is 0.156 e. The van der Waals surface area contributed by atoms with Gasteiger partial charge in [0.25, 0.3) is 0 Å². The zero-order chi connectivity index (χ0) is 20.3. The first-order valence-corrected chi connectivity index (χ1v) is 9.49. The van der Waals surface area contributed by atoms with Crippen molar-refractivity contribution in [3.8, 4) is 0 Å². The fraction of sp³-hybridized carbons (Fsp3) is 0.143. The van der Waals surface area contributed by atoms with Gasteiger partial charge in [0.2, 0.25) is 0 Å². The summed E-state index contributed by atoms with van der Waals surface area (Å²) in [5.74, 6) is 0. The number of hydrogen-bond acceptors (Lipinski definition) is 0. The van der Waals surface area contributed by atoms with Crippen molar-refractivity contribution in [3.05, 3.63) is 131 Å². The summed E-state index contributed by atoms with van der Waals surface area (Å²) in [6.07, 6.45) is 14.6. The Kier molecular flexibility index (Phi) is 12.3. The first kappa shape index (κ1) is 29.3. The van der Waals surface area contributed by atoms with Crippen molar-refractivity contribution >= 4 is 36.0 Å². The molecule has 31 heavy (non-hydrogen) atoms. The summed E-state index contributed by atoms with van der Waals surface area (Å²) >= 11 is 0. The van der Waals surface area contributed by atoms with Crippen LogP contribution in [0.5, 0.6) is 0 Å². The van der Waals surface area contributed by atoms with Gasteiger partial charge in [-0.05, 0) is 27.7 Å². The van der Waals surface area contributed by atoms with Gasteiger partial charge < -0.3 is 0 Å². The van der Waals surface area contributed by atoms with Gasteiger partial charge in [0.05, 0.1) is 0 Å². The number of halogens is 2. The predicted molar refractivity (Wildman–Crippen MR) is 136 cm³/mol. The van der Waals surface area contributed by atoms with E-state index in [-0.39, 0.29) is 51.0 Å². The molecule has 3 heteroatoms. The van der Waals surface area contributed by atoms with Gasteiger partial charge in [0.1, 0.15) is 0 Å². The van der Waals surface area contributed by atoms with E-state index in [0.29, 0.717) is 0 Å². The molecule has 2 aromatic carbocycles. The Bertz CT molecular complexity index is 954. The van der Waals surface area contributed by atoms with Gasteiger partial charge in [-0.2, -0.15) is 37.5 Å². The third-order valence-corrected chi connectivity index (χ3v) is 4.56. The molecular weight excluding hydrogens is 498 g/mol. The third kappa shape index (κ3) is 8.42.